The Kier molecular flexibility index (Phi) is 7.25. The summed E-state index contributed by atoms with van der Waals surface area (Å²) < 4.78 is 12.3. The van der Waals surface area contributed by atoms with Crippen molar-refractivity contribution in [3.63, 3.8) is 0 Å². The van der Waals surface area contributed by atoms with Gasteiger partial charge < -0.3 is 9.47 Å². The Labute approximate surface area is 180 Å². The monoisotopic (exact) mass is 450 g/mol. The molecule has 0 spiro atoms. The average molecular weight is 451 g/mol. The first-order chi connectivity index (χ1) is 14.1. The molecular weight excluding hydrogens is 428 g/mol. The Hall–Kier alpha value is -2.85. The maximum absolute atomic E-state index is 12.4. The van der Waals surface area contributed by atoms with Gasteiger partial charge in [0.25, 0.3) is 0 Å². The summed E-state index contributed by atoms with van der Waals surface area (Å²) in [7, 11) is 1.64. The molecule has 0 saturated heterocycles. The summed E-state index contributed by atoms with van der Waals surface area (Å²) >= 11 is 3.39. The molecule has 0 radical (unpaired) electrons. The minimum absolute atomic E-state index is 0.0454. The molecule has 3 nitrogen and oxygen atoms in total. The van der Waals surface area contributed by atoms with Gasteiger partial charge in [-0.1, -0.05) is 59.3 Å². The van der Waals surface area contributed by atoms with Gasteiger partial charge in [0, 0.05) is 15.6 Å². The van der Waals surface area contributed by atoms with E-state index >= 15 is 0 Å². The number of methoxy groups -OCH3 is 1. The molecule has 0 heterocycles. The van der Waals surface area contributed by atoms with Gasteiger partial charge in [-0.25, -0.2) is 0 Å². The molecule has 0 bridgehead atoms. The topological polar surface area (TPSA) is 35.5 Å². The Morgan fingerprint density at radius 2 is 1.83 bits per heavy atom. The molecule has 0 N–H and O–H groups in total. The van der Waals surface area contributed by atoms with Gasteiger partial charge in [-0.2, -0.15) is 0 Å². The third-order valence-corrected chi connectivity index (χ3v) is 5.06. The van der Waals surface area contributed by atoms with Gasteiger partial charge in [-0.15, -0.1) is 0 Å². The molecule has 0 fully saturated rings. The van der Waals surface area contributed by atoms with Gasteiger partial charge in [0.05, 0.1) is 7.11 Å². The van der Waals surface area contributed by atoms with E-state index in [0.717, 1.165) is 33.5 Å². The Bertz CT molecular complexity index is 1010. The highest BCUT2D eigenvalue weighted by Crippen LogP contribution is 2.23. The van der Waals surface area contributed by atoms with Crippen molar-refractivity contribution >= 4 is 27.8 Å². The number of carbonyl (C=O) groups excluding carboxylic acids is 1. The van der Waals surface area contributed by atoms with Crippen molar-refractivity contribution in [2.24, 2.45) is 0 Å². The van der Waals surface area contributed by atoms with Crippen LogP contribution in [-0.4, -0.2) is 12.9 Å². The molecule has 148 valence electrons. The highest BCUT2D eigenvalue weighted by atomic mass is 79.9. The van der Waals surface area contributed by atoms with Crippen molar-refractivity contribution in [3.8, 4) is 11.5 Å². The zero-order valence-corrected chi connectivity index (χ0v) is 18.1. The van der Waals surface area contributed by atoms with E-state index in [4.69, 9.17) is 9.47 Å². The maximum Gasteiger partial charge on any atom is 0.185 e. The number of carbonyl (C=O) groups is 1. The highest BCUT2D eigenvalue weighted by molar-refractivity contribution is 9.10. The minimum Gasteiger partial charge on any atom is -0.496 e. The molecule has 29 heavy (non-hydrogen) atoms. The second-order valence-corrected chi connectivity index (χ2v) is 7.48. The molecular formula is C25H23BrO3. The summed E-state index contributed by atoms with van der Waals surface area (Å²) in [4.78, 5) is 12.4. The number of ether oxygens (including phenoxy) is 2. The van der Waals surface area contributed by atoms with Gasteiger partial charge in [-0.3, -0.25) is 4.79 Å². The summed E-state index contributed by atoms with van der Waals surface area (Å²) in [6.45, 7) is 2.51. The van der Waals surface area contributed by atoms with Crippen LogP contribution in [0.5, 0.6) is 11.5 Å². The Balaban J connectivity index is 1.72. The van der Waals surface area contributed by atoms with Crippen LogP contribution < -0.4 is 9.47 Å². The van der Waals surface area contributed by atoms with Crippen LogP contribution in [0.15, 0.2) is 77.3 Å². The van der Waals surface area contributed by atoms with Crippen molar-refractivity contribution in [2.75, 3.05) is 7.11 Å². The van der Waals surface area contributed by atoms with Gasteiger partial charge in [0.15, 0.2) is 5.78 Å². The number of hydrogen-bond donors (Lipinski definition) is 0. The predicted octanol–water partition coefficient (Wildman–Crippen LogP) is 6.50. The number of halogens is 1. The number of rotatable bonds is 8. The fourth-order valence-electron chi connectivity index (χ4n) is 2.91. The fraction of sp³-hybridized carbons (Fsp3) is 0.160. The zero-order chi connectivity index (χ0) is 20.6. The number of ketones is 1. The van der Waals surface area contributed by atoms with Crippen molar-refractivity contribution in [1.82, 2.24) is 0 Å². The molecule has 3 aromatic carbocycles. The van der Waals surface area contributed by atoms with Crippen LogP contribution in [0, 0.1) is 0 Å². The van der Waals surface area contributed by atoms with E-state index in [2.05, 4.69) is 35.0 Å². The van der Waals surface area contributed by atoms with E-state index in [0.29, 0.717) is 12.2 Å². The lowest BCUT2D eigenvalue weighted by molar-refractivity contribution is 0.104. The lowest BCUT2D eigenvalue weighted by Crippen LogP contribution is -1.99. The van der Waals surface area contributed by atoms with E-state index < -0.39 is 0 Å². The summed E-state index contributed by atoms with van der Waals surface area (Å²) in [5, 5.41) is 0. The number of allylic oxidation sites excluding steroid dienone is 1. The number of hydrogen-bond acceptors (Lipinski definition) is 3. The lowest BCUT2D eigenvalue weighted by Gasteiger charge is -2.11. The van der Waals surface area contributed by atoms with Crippen molar-refractivity contribution in [3.05, 3.63) is 99.5 Å². The number of aryl methyl sites for hydroxylation is 1. The van der Waals surface area contributed by atoms with Crippen LogP contribution in [0.1, 0.15) is 34.0 Å². The van der Waals surface area contributed by atoms with E-state index in [1.165, 1.54) is 5.56 Å². The molecule has 3 aromatic rings. The van der Waals surface area contributed by atoms with Crippen LogP contribution in [0.3, 0.4) is 0 Å². The third-order valence-electron chi connectivity index (χ3n) is 4.57. The van der Waals surface area contributed by atoms with Crippen molar-refractivity contribution < 1.29 is 14.3 Å². The van der Waals surface area contributed by atoms with Gasteiger partial charge >= 0.3 is 0 Å². The van der Waals surface area contributed by atoms with Crippen LogP contribution in [-0.2, 0) is 13.0 Å². The summed E-state index contributed by atoms with van der Waals surface area (Å²) in [6.07, 6.45) is 4.39. The minimum atomic E-state index is -0.0454. The van der Waals surface area contributed by atoms with E-state index in [9.17, 15) is 4.79 Å². The Morgan fingerprint density at radius 3 is 2.52 bits per heavy atom. The molecule has 0 aliphatic carbocycles. The molecule has 0 saturated carbocycles. The second-order valence-electron chi connectivity index (χ2n) is 6.57. The largest absolute Gasteiger partial charge is 0.496 e. The standard InChI is InChI=1S/C25H23BrO3/c1-3-18-7-11-23(12-8-18)29-17-21-15-19(10-14-25(21)28-2)9-13-24(27)20-5-4-6-22(26)16-20/h4-16H,3,17H2,1-2H3/b13-9+. The Morgan fingerprint density at radius 1 is 1.03 bits per heavy atom. The molecule has 0 aliphatic heterocycles. The van der Waals surface area contributed by atoms with Gasteiger partial charge in [-0.05, 0) is 60.0 Å². The second kappa shape index (κ2) is 10.1. The molecule has 0 aromatic heterocycles. The zero-order valence-electron chi connectivity index (χ0n) is 16.5. The van der Waals surface area contributed by atoms with Crippen LogP contribution in [0.25, 0.3) is 6.08 Å². The summed E-state index contributed by atoms with van der Waals surface area (Å²) in [5.74, 6) is 1.52. The highest BCUT2D eigenvalue weighted by Gasteiger charge is 2.06. The lowest BCUT2D eigenvalue weighted by atomic mass is 10.1. The summed E-state index contributed by atoms with van der Waals surface area (Å²) in [6, 6.07) is 21.2. The van der Waals surface area contributed by atoms with Crippen LogP contribution in [0.4, 0.5) is 0 Å². The first-order valence-electron chi connectivity index (χ1n) is 9.45. The van der Waals surface area contributed by atoms with E-state index in [1.54, 1.807) is 19.3 Å². The molecule has 0 amide bonds. The quantitative estimate of drug-likeness (QED) is 0.290. The average Bonchev–Trinajstić information content (AvgIpc) is 2.76. The maximum atomic E-state index is 12.4. The molecule has 4 heteroatoms. The fourth-order valence-corrected chi connectivity index (χ4v) is 3.31. The smallest absolute Gasteiger partial charge is 0.185 e. The molecule has 0 unspecified atom stereocenters. The van der Waals surface area contributed by atoms with Crippen LogP contribution in [0.2, 0.25) is 0 Å². The van der Waals surface area contributed by atoms with E-state index in [1.807, 2.05) is 54.6 Å². The molecule has 3 rings (SSSR count). The predicted molar refractivity (Wildman–Crippen MR) is 121 cm³/mol. The number of benzene rings is 3. The van der Waals surface area contributed by atoms with Gasteiger partial charge in [0.1, 0.15) is 18.1 Å². The SMILES string of the molecule is CCc1ccc(OCc2cc(/C=C/C(=O)c3cccc(Br)c3)ccc2OC)cc1. The third kappa shape index (κ3) is 5.81. The molecule has 0 aliphatic rings. The molecule has 0 atom stereocenters. The van der Waals surface area contributed by atoms with E-state index in [-0.39, 0.29) is 5.78 Å². The van der Waals surface area contributed by atoms with Gasteiger partial charge in [0.2, 0.25) is 0 Å². The van der Waals surface area contributed by atoms with Crippen molar-refractivity contribution in [2.45, 2.75) is 20.0 Å². The summed E-state index contributed by atoms with van der Waals surface area (Å²) in [5.41, 5.74) is 3.75. The first kappa shape index (κ1) is 20.9. The van der Waals surface area contributed by atoms with Crippen LogP contribution >= 0.6 is 15.9 Å². The first-order valence-corrected chi connectivity index (χ1v) is 10.2. The van der Waals surface area contributed by atoms with Crippen molar-refractivity contribution in [1.29, 1.82) is 0 Å². The normalized spacial score (nSPS) is 10.9.